The summed E-state index contributed by atoms with van der Waals surface area (Å²) in [5, 5.41) is 4.16. The molecule has 1 heterocycles. The smallest absolute Gasteiger partial charge is 0.122 e. The van der Waals surface area contributed by atoms with Gasteiger partial charge in [-0.25, -0.2) is 0 Å². The molecule has 2 N–H and O–H groups in total. The van der Waals surface area contributed by atoms with E-state index in [-0.39, 0.29) is 6.04 Å². The SMILES string of the molecule is Cc1cc([C@H](C)N)ccc1OCc1ccsc1. The fraction of sp³-hybridized carbons (Fsp3) is 0.286. The van der Waals surface area contributed by atoms with E-state index in [2.05, 4.69) is 29.8 Å². The lowest BCUT2D eigenvalue weighted by atomic mass is 10.1. The van der Waals surface area contributed by atoms with Crippen molar-refractivity contribution in [1.82, 2.24) is 0 Å². The predicted molar refractivity (Wildman–Crippen MR) is 72.4 cm³/mol. The summed E-state index contributed by atoms with van der Waals surface area (Å²) in [7, 11) is 0. The van der Waals surface area contributed by atoms with Crippen LogP contribution in [-0.4, -0.2) is 0 Å². The van der Waals surface area contributed by atoms with Gasteiger partial charge in [-0.2, -0.15) is 11.3 Å². The first kappa shape index (κ1) is 12.1. The summed E-state index contributed by atoms with van der Waals surface area (Å²) in [4.78, 5) is 0. The molecular formula is C14H17NOS. The molecule has 1 aromatic heterocycles. The predicted octanol–water partition coefficient (Wildman–Crippen LogP) is 3.66. The highest BCUT2D eigenvalue weighted by Gasteiger charge is 2.04. The summed E-state index contributed by atoms with van der Waals surface area (Å²) in [5.74, 6) is 0.931. The van der Waals surface area contributed by atoms with Crippen molar-refractivity contribution in [3.63, 3.8) is 0 Å². The molecule has 0 bridgehead atoms. The van der Waals surface area contributed by atoms with Crippen LogP contribution in [0.2, 0.25) is 0 Å². The third-order valence-corrected chi connectivity index (χ3v) is 3.43. The minimum atomic E-state index is 0.0691. The average molecular weight is 247 g/mol. The lowest BCUT2D eigenvalue weighted by Crippen LogP contribution is -2.05. The van der Waals surface area contributed by atoms with Crippen molar-refractivity contribution in [1.29, 1.82) is 0 Å². The number of ether oxygens (including phenoxy) is 1. The fourth-order valence-electron chi connectivity index (χ4n) is 1.65. The average Bonchev–Trinajstić information content (AvgIpc) is 2.80. The fourth-order valence-corrected chi connectivity index (χ4v) is 2.31. The summed E-state index contributed by atoms with van der Waals surface area (Å²) < 4.78 is 5.78. The minimum Gasteiger partial charge on any atom is -0.489 e. The first-order chi connectivity index (χ1) is 8.16. The van der Waals surface area contributed by atoms with E-state index in [9.17, 15) is 0 Å². The Kier molecular flexibility index (Phi) is 3.82. The highest BCUT2D eigenvalue weighted by Crippen LogP contribution is 2.23. The van der Waals surface area contributed by atoms with Gasteiger partial charge in [-0.15, -0.1) is 0 Å². The van der Waals surface area contributed by atoms with Gasteiger partial charge in [0.15, 0.2) is 0 Å². The number of aryl methyl sites for hydroxylation is 1. The quantitative estimate of drug-likeness (QED) is 0.895. The second-order valence-electron chi connectivity index (χ2n) is 4.23. The van der Waals surface area contributed by atoms with Gasteiger partial charge in [-0.3, -0.25) is 0 Å². The summed E-state index contributed by atoms with van der Waals surface area (Å²) >= 11 is 1.69. The van der Waals surface area contributed by atoms with Crippen molar-refractivity contribution in [2.24, 2.45) is 5.73 Å². The second kappa shape index (κ2) is 5.34. The van der Waals surface area contributed by atoms with Gasteiger partial charge in [0.1, 0.15) is 12.4 Å². The third kappa shape index (κ3) is 3.08. The molecule has 0 fully saturated rings. The van der Waals surface area contributed by atoms with Crippen LogP contribution in [0.5, 0.6) is 5.75 Å². The summed E-state index contributed by atoms with van der Waals surface area (Å²) in [6, 6.07) is 8.27. The molecule has 1 aromatic carbocycles. The normalized spacial score (nSPS) is 12.4. The molecule has 2 aromatic rings. The van der Waals surface area contributed by atoms with Crippen molar-refractivity contribution < 1.29 is 4.74 Å². The van der Waals surface area contributed by atoms with Crippen LogP contribution in [0.3, 0.4) is 0 Å². The van der Waals surface area contributed by atoms with Gasteiger partial charge in [0.05, 0.1) is 0 Å². The molecule has 2 nitrogen and oxygen atoms in total. The van der Waals surface area contributed by atoms with E-state index >= 15 is 0 Å². The Morgan fingerprint density at radius 1 is 1.35 bits per heavy atom. The topological polar surface area (TPSA) is 35.2 Å². The van der Waals surface area contributed by atoms with Crippen molar-refractivity contribution in [3.05, 3.63) is 51.7 Å². The van der Waals surface area contributed by atoms with E-state index in [0.29, 0.717) is 6.61 Å². The van der Waals surface area contributed by atoms with E-state index in [1.807, 2.05) is 19.1 Å². The minimum absolute atomic E-state index is 0.0691. The Hall–Kier alpha value is -1.32. The molecule has 1 atom stereocenters. The zero-order chi connectivity index (χ0) is 12.3. The number of benzene rings is 1. The zero-order valence-corrected chi connectivity index (χ0v) is 11.0. The number of rotatable bonds is 4. The van der Waals surface area contributed by atoms with Gasteiger partial charge < -0.3 is 10.5 Å². The largest absolute Gasteiger partial charge is 0.489 e. The highest BCUT2D eigenvalue weighted by molar-refractivity contribution is 7.07. The molecule has 0 aliphatic heterocycles. The molecule has 17 heavy (non-hydrogen) atoms. The van der Waals surface area contributed by atoms with Crippen LogP contribution < -0.4 is 10.5 Å². The van der Waals surface area contributed by atoms with Crippen LogP contribution in [-0.2, 0) is 6.61 Å². The van der Waals surface area contributed by atoms with Gasteiger partial charge in [0.2, 0.25) is 0 Å². The maximum absolute atomic E-state index is 5.84. The van der Waals surface area contributed by atoms with Crippen molar-refractivity contribution in [2.75, 3.05) is 0 Å². The van der Waals surface area contributed by atoms with Crippen LogP contribution in [0, 0.1) is 6.92 Å². The summed E-state index contributed by atoms with van der Waals surface area (Å²) in [6.45, 7) is 4.66. The van der Waals surface area contributed by atoms with Crippen LogP contribution in [0.25, 0.3) is 0 Å². The lowest BCUT2D eigenvalue weighted by molar-refractivity contribution is 0.304. The Morgan fingerprint density at radius 3 is 2.76 bits per heavy atom. The first-order valence-electron chi connectivity index (χ1n) is 5.67. The van der Waals surface area contributed by atoms with Gasteiger partial charge >= 0.3 is 0 Å². The monoisotopic (exact) mass is 247 g/mol. The number of hydrogen-bond acceptors (Lipinski definition) is 3. The summed E-state index contributed by atoms with van der Waals surface area (Å²) in [6.07, 6.45) is 0. The van der Waals surface area contributed by atoms with Crippen LogP contribution >= 0.6 is 11.3 Å². The van der Waals surface area contributed by atoms with Gasteiger partial charge in [0.25, 0.3) is 0 Å². The molecule has 90 valence electrons. The maximum Gasteiger partial charge on any atom is 0.122 e. The molecule has 3 heteroatoms. The van der Waals surface area contributed by atoms with Gasteiger partial charge in [-0.05, 0) is 53.4 Å². The Balaban J connectivity index is 2.06. The molecule has 0 amide bonds. The van der Waals surface area contributed by atoms with Crippen LogP contribution in [0.1, 0.15) is 29.7 Å². The Morgan fingerprint density at radius 2 is 2.18 bits per heavy atom. The van der Waals surface area contributed by atoms with E-state index in [4.69, 9.17) is 10.5 Å². The summed E-state index contributed by atoms with van der Waals surface area (Å²) in [5.41, 5.74) is 9.34. The molecule has 0 saturated heterocycles. The van der Waals surface area contributed by atoms with Gasteiger partial charge in [-0.1, -0.05) is 12.1 Å². The zero-order valence-electron chi connectivity index (χ0n) is 10.1. The van der Waals surface area contributed by atoms with Crippen LogP contribution in [0.15, 0.2) is 35.0 Å². The van der Waals surface area contributed by atoms with Crippen molar-refractivity contribution in [2.45, 2.75) is 26.5 Å². The lowest BCUT2D eigenvalue weighted by Gasteiger charge is -2.11. The van der Waals surface area contributed by atoms with E-state index < -0.39 is 0 Å². The molecule has 0 unspecified atom stereocenters. The molecule has 0 aliphatic carbocycles. The second-order valence-corrected chi connectivity index (χ2v) is 5.01. The molecule has 2 rings (SSSR count). The third-order valence-electron chi connectivity index (χ3n) is 2.70. The Bertz CT molecular complexity index is 477. The molecule has 0 saturated carbocycles. The Labute approximate surface area is 106 Å². The van der Waals surface area contributed by atoms with E-state index in [1.165, 1.54) is 5.56 Å². The highest BCUT2D eigenvalue weighted by atomic mass is 32.1. The number of nitrogens with two attached hydrogens (primary N) is 1. The van der Waals surface area contributed by atoms with Crippen molar-refractivity contribution in [3.8, 4) is 5.75 Å². The maximum atomic E-state index is 5.84. The number of hydrogen-bond donors (Lipinski definition) is 1. The first-order valence-corrected chi connectivity index (χ1v) is 6.61. The molecule has 0 spiro atoms. The van der Waals surface area contributed by atoms with E-state index in [0.717, 1.165) is 16.9 Å². The van der Waals surface area contributed by atoms with Gasteiger partial charge in [0, 0.05) is 6.04 Å². The molecule has 0 radical (unpaired) electrons. The molecule has 0 aliphatic rings. The van der Waals surface area contributed by atoms with Crippen molar-refractivity contribution >= 4 is 11.3 Å². The van der Waals surface area contributed by atoms with E-state index in [1.54, 1.807) is 11.3 Å². The van der Waals surface area contributed by atoms with Crippen LogP contribution in [0.4, 0.5) is 0 Å². The number of thiophene rings is 1. The standard InChI is InChI=1S/C14H17NOS/c1-10-7-13(11(2)15)3-4-14(10)16-8-12-5-6-17-9-12/h3-7,9,11H,8,15H2,1-2H3/t11-/m0/s1. The molecular weight excluding hydrogens is 230 g/mol.